The Labute approximate surface area is 138 Å². The molecular weight excluding hydrogens is 454 g/mol. The maximum absolute atomic E-state index is 7.50. The van der Waals surface area contributed by atoms with E-state index in [0.717, 1.165) is 0 Å². The summed E-state index contributed by atoms with van der Waals surface area (Å²) < 4.78 is 15.0. The molecule has 0 aromatic heterocycles. The summed E-state index contributed by atoms with van der Waals surface area (Å²) >= 11 is 5.38. The first-order valence-electron chi connectivity index (χ1n) is 5.35. The van der Waals surface area contributed by atoms with Gasteiger partial charge in [0, 0.05) is 0 Å². The molecule has 1 fully saturated rings. The van der Waals surface area contributed by atoms with Crippen LogP contribution in [0.25, 0.3) is 0 Å². The molecular formula is C14H21ClO2OsSi+. The van der Waals surface area contributed by atoms with Crippen LogP contribution in [0.2, 0.25) is 13.1 Å². The van der Waals surface area contributed by atoms with Gasteiger partial charge in [0.1, 0.15) is 0 Å². The van der Waals surface area contributed by atoms with Crippen molar-refractivity contribution in [3.8, 4) is 0 Å². The van der Waals surface area contributed by atoms with Crippen molar-refractivity contribution in [1.82, 2.24) is 0 Å². The van der Waals surface area contributed by atoms with Gasteiger partial charge in [-0.05, 0) is 29.6 Å². The predicted octanol–water partition coefficient (Wildman–Crippen LogP) is 4.37. The largest absolute Gasteiger partial charge is 1.00 e. The Hall–Kier alpha value is 0.623. The van der Waals surface area contributed by atoms with Gasteiger partial charge >= 0.3 is 42.4 Å². The van der Waals surface area contributed by atoms with Crippen molar-refractivity contribution in [2.24, 2.45) is 0 Å². The molecule has 0 atom stereocenters. The first-order chi connectivity index (χ1) is 8.29. The molecule has 7 radical (unpaired) electrons. The van der Waals surface area contributed by atoms with Crippen molar-refractivity contribution in [1.29, 1.82) is 0 Å². The molecule has 0 amide bonds. The summed E-state index contributed by atoms with van der Waals surface area (Å²) in [6.07, 6.45) is 0. The van der Waals surface area contributed by atoms with Crippen molar-refractivity contribution in [2.75, 3.05) is 0 Å². The molecule has 1 rings (SSSR count). The Bertz CT molecular complexity index is 180. The average Bonchev–Trinajstić information content (AvgIpc) is 2.52. The fourth-order valence-corrected chi connectivity index (χ4v) is 1.41. The first-order valence-corrected chi connectivity index (χ1v) is 8.86. The van der Waals surface area contributed by atoms with Crippen molar-refractivity contribution >= 4 is 19.2 Å². The number of hydrogen-bond acceptors (Lipinski definition) is 0. The Morgan fingerprint density at radius 1 is 0.684 bits per heavy atom. The third-order valence-electron chi connectivity index (χ3n) is 2.81. The SMILES string of the molecule is C[C]1[C](C)[C](C)[C](C)[C]1C.C[Si](C)Cl.[C-]#[O+].[C-]#[O+].[Os+]. The van der Waals surface area contributed by atoms with Crippen LogP contribution in [0.1, 0.15) is 34.6 Å². The molecule has 0 saturated heterocycles. The van der Waals surface area contributed by atoms with Gasteiger partial charge in [0.15, 0.2) is 8.11 Å². The van der Waals surface area contributed by atoms with Gasteiger partial charge in [0.05, 0.1) is 0 Å². The molecule has 1 aliphatic carbocycles. The topological polar surface area (TPSA) is 39.8 Å². The van der Waals surface area contributed by atoms with Gasteiger partial charge in [-0.1, -0.05) is 47.7 Å². The molecule has 5 heteroatoms. The van der Waals surface area contributed by atoms with Crippen LogP contribution in [-0.4, -0.2) is 8.11 Å². The Kier molecular flexibility index (Phi) is 24.5. The van der Waals surface area contributed by atoms with E-state index < -0.39 is 8.11 Å². The van der Waals surface area contributed by atoms with Gasteiger partial charge < -0.3 is 0 Å². The maximum atomic E-state index is 7.50. The minimum absolute atomic E-state index is 0. The molecule has 0 bridgehead atoms. The zero-order chi connectivity index (χ0) is 15.5. The van der Waals surface area contributed by atoms with Crippen LogP contribution in [0, 0.1) is 42.9 Å². The quantitative estimate of drug-likeness (QED) is 0.216. The first kappa shape index (κ1) is 27.9. The molecule has 2 nitrogen and oxygen atoms in total. The van der Waals surface area contributed by atoms with E-state index >= 15 is 0 Å². The van der Waals surface area contributed by atoms with Crippen LogP contribution in [0.15, 0.2) is 0 Å². The van der Waals surface area contributed by atoms with E-state index in [9.17, 15) is 0 Å². The predicted molar refractivity (Wildman–Crippen MR) is 75.8 cm³/mol. The molecule has 0 aliphatic heterocycles. The molecule has 0 heterocycles. The zero-order valence-corrected chi connectivity index (χ0v) is 16.8. The molecule has 0 spiro atoms. The van der Waals surface area contributed by atoms with Crippen molar-refractivity contribution < 1.29 is 29.1 Å². The van der Waals surface area contributed by atoms with Crippen LogP contribution in [0.5, 0.6) is 0 Å². The standard InChI is InChI=1S/C10H15.C2H6ClSi.2CO.Os/c1-6-7(2)9(4)10(5)8(6)3;1-4(2)3;2*1-2;/h1-5H3;1-2H3;;;/q;;;;+1. The van der Waals surface area contributed by atoms with Gasteiger partial charge in [0.2, 0.25) is 0 Å². The average molecular weight is 475 g/mol. The van der Waals surface area contributed by atoms with Crippen LogP contribution < -0.4 is 0 Å². The van der Waals surface area contributed by atoms with E-state index in [2.05, 4.69) is 47.9 Å². The van der Waals surface area contributed by atoms with E-state index in [1.54, 1.807) is 0 Å². The summed E-state index contributed by atoms with van der Waals surface area (Å²) in [5.74, 6) is 7.34. The molecule has 0 aromatic carbocycles. The Morgan fingerprint density at radius 2 is 0.737 bits per heavy atom. The zero-order valence-electron chi connectivity index (χ0n) is 12.5. The number of hydrogen-bond donors (Lipinski definition) is 0. The minimum Gasteiger partial charge on any atom is 1.00 e. The Balaban J connectivity index is -0.000000107. The van der Waals surface area contributed by atoms with E-state index in [1.165, 1.54) is 29.6 Å². The van der Waals surface area contributed by atoms with E-state index in [0.29, 0.717) is 0 Å². The fourth-order valence-electron chi connectivity index (χ4n) is 1.41. The van der Waals surface area contributed by atoms with Gasteiger partial charge in [-0.3, -0.25) is 0 Å². The van der Waals surface area contributed by atoms with Crippen LogP contribution in [0.4, 0.5) is 0 Å². The summed E-state index contributed by atoms with van der Waals surface area (Å²) in [6, 6.07) is 0. The second-order valence-electron chi connectivity index (χ2n) is 4.00. The second-order valence-corrected chi connectivity index (χ2v) is 8.03. The van der Waals surface area contributed by atoms with Crippen LogP contribution in [-0.2, 0) is 29.1 Å². The molecule has 1 saturated carbocycles. The summed E-state index contributed by atoms with van der Waals surface area (Å²) in [6.45, 7) is 24.1. The van der Waals surface area contributed by atoms with Gasteiger partial charge in [-0.15, -0.1) is 0 Å². The van der Waals surface area contributed by atoms with E-state index in [1.807, 2.05) is 13.1 Å². The van der Waals surface area contributed by atoms with Crippen molar-refractivity contribution in [2.45, 2.75) is 47.7 Å². The molecule has 19 heavy (non-hydrogen) atoms. The Morgan fingerprint density at radius 3 is 0.789 bits per heavy atom. The normalized spacial score (nSPS) is 17.1. The maximum Gasteiger partial charge on any atom is 1.00 e. The molecule has 1 aliphatic rings. The van der Waals surface area contributed by atoms with Gasteiger partial charge in [-0.2, -0.15) is 11.1 Å². The second kappa shape index (κ2) is 16.7. The third kappa shape index (κ3) is 12.1. The monoisotopic (exact) mass is 476 g/mol. The molecule has 0 N–H and O–H groups in total. The van der Waals surface area contributed by atoms with Crippen LogP contribution in [0.3, 0.4) is 0 Å². The molecule has 0 aromatic rings. The number of halogens is 1. The van der Waals surface area contributed by atoms with E-state index in [-0.39, 0.29) is 19.8 Å². The minimum atomic E-state index is -0.407. The van der Waals surface area contributed by atoms with Crippen LogP contribution >= 0.6 is 11.1 Å². The fraction of sp³-hybridized carbons (Fsp3) is 0.500. The van der Waals surface area contributed by atoms with E-state index in [4.69, 9.17) is 20.4 Å². The summed E-state index contributed by atoms with van der Waals surface area (Å²) in [5, 5.41) is 0. The summed E-state index contributed by atoms with van der Waals surface area (Å²) in [7, 11) is -0.407. The summed E-state index contributed by atoms with van der Waals surface area (Å²) in [4.78, 5) is 0. The van der Waals surface area contributed by atoms with Gasteiger partial charge in [-0.25, -0.2) is 0 Å². The van der Waals surface area contributed by atoms with Crippen molar-refractivity contribution in [3.05, 3.63) is 42.9 Å². The third-order valence-corrected chi connectivity index (χ3v) is 2.81. The summed E-state index contributed by atoms with van der Waals surface area (Å²) in [5.41, 5.74) is 0. The van der Waals surface area contributed by atoms with Crippen molar-refractivity contribution in [3.63, 3.8) is 0 Å². The smallest absolute Gasteiger partial charge is 1.00 e. The molecule has 107 valence electrons. The van der Waals surface area contributed by atoms with Gasteiger partial charge in [0.25, 0.3) is 0 Å². The molecule has 0 unspecified atom stereocenters. The number of rotatable bonds is 0.